The summed E-state index contributed by atoms with van der Waals surface area (Å²) < 4.78 is 2.25. The first kappa shape index (κ1) is 20.9. The van der Waals surface area contributed by atoms with Crippen LogP contribution in [0.5, 0.6) is 0 Å². The molecule has 0 amide bonds. The molecule has 1 fully saturated rings. The van der Waals surface area contributed by atoms with Crippen LogP contribution >= 0.6 is 0 Å². The van der Waals surface area contributed by atoms with E-state index in [-0.39, 0.29) is 0 Å². The highest BCUT2D eigenvalue weighted by atomic mass is 15.2. The Morgan fingerprint density at radius 2 is 1.72 bits per heavy atom. The highest BCUT2D eigenvalue weighted by Crippen LogP contribution is 2.46. The van der Waals surface area contributed by atoms with E-state index in [4.69, 9.17) is 15.7 Å². The SMILES string of the molecule is CC1(c2ccc(-c3c(-c4cccc(N)c4)nc4n3-c3cccnc3Nc3ccccc3-4)cc2)CCC1. The van der Waals surface area contributed by atoms with Gasteiger partial charge in [0.05, 0.1) is 22.8 Å². The van der Waals surface area contributed by atoms with E-state index in [1.807, 2.05) is 36.5 Å². The van der Waals surface area contributed by atoms with Crippen LogP contribution in [0.25, 0.3) is 39.6 Å². The third kappa shape index (κ3) is 3.16. The Morgan fingerprint density at radius 3 is 2.50 bits per heavy atom. The highest BCUT2D eigenvalue weighted by molar-refractivity contribution is 5.91. The maximum Gasteiger partial charge on any atom is 0.154 e. The van der Waals surface area contributed by atoms with Crippen molar-refractivity contribution in [1.29, 1.82) is 0 Å². The van der Waals surface area contributed by atoms with Crippen molar-refractivity contribution in [2.24, 2.45) is 0 Å². The van der Waals surface area contributed by atoms with Crippen LogP contribution in [0.2, 0.25) is 0 Å². The van der Waals surface area contributed by atoms with E-state index in [0.717, 1.165) is 56.8 Å². The van der Waals surface area contributed by atoms with E-state index in [2.05, 4.69) is 71.4 Å². The van der Waals surface area contributed by atoms with Gasteiger partial charge in [0.2, 0.25) is 0 Å². The molecule has 3 aromatic carbocycles. The van der Waals surface area contributed by atoms with Crippen molar-refractivity contribution < 1.29 is 0 Å². The number of nitrogens with zero attached hydrogens (tertiary/aromatic N) is 3. The molecule has 3 N–H and O–H groups in total. The molecular formula is C31H27N5. The normalized spacial score (nSPS) is 15.0. The predicted octanol–water partition coefficient (Wildman–Crippen LogP) is 7.35. The van der Waals surface area contributed by atoms with Gasteiger partial charge in [-0.15, -0.1) is 0 Å². The van der Waals surface area contributed by atoms with Crippen molar-refractivity contribution in [2.75, 3.05) is 11.1 Å². The first-order valence-electron chi connectivity index (χ1n) is 12.5. The van der Waals surface area contributed by atoms with E-state index in [9.17, 15) is 0 Å². The van der Waals surface area contributed by atoms with Crippen molar-refractivity contribution in [3.63, 3.8) is 0 Å². The molecule has 1 aliphatic carbocycles. The predicted molar refractivity (Wildman–Crippen MR) is 147 cm³/mol. The lowest BCUT2D eigenvalue weighted by Gasteiger charge is -2.39. The molecule has 2 aromatic heterocycles. The molecule has 0 spiro atoms. The van der Waals surface area contributed by atoms with Crippen molar-refractivity contribution >= 4 is 17.2 Å². The molecule has 5 nitrogen and oxygen atoms in total. The number of hydrogen-bond donors (Lipinski definition) is 2. The molecule has 5 heteroatoms. The van der Waals surface area contributed by atoms with Crippen LogP contribution in [-0.2, 0) is 5.41 Å². The Kier molecular flexibility index (Phi) is 4.55. The lowest BCUT2D eigenvalue weighted by atomic mass is 9.66. The molecule has 0 bridgehead atoms. The second-order valence-electron chi connectivity index (χ2n) is 10.1. The monoisotopic (exact) mass is 469 g/mol. The van der Waals surface area contributed by atoms with Gasteiger partial charge in [-0.2, -0.15) is 0 Å². The number of nitrogens with one attached hydrogen (secondary N) is 1. The average Bonchev–Trinajstić information content (AvgIpc) is 3.22. The van der Waals surface area contributed by atoms with Gasteiger partial charge in [0.15, 0.2) is 5.82 Å². The number of hydrogen-bond acceptors (Lipinski definition) is 4. The zero-order chi connectivity index (χ0) is 24.3. The summed E-state index contributed by atoms with van der Waals surface area (Å²) in [5.41, 5.74) is 15.7. The molecule has 36 heavy (non-hydrogen) atoms. The summed E-state index contributed by atoms with van der Waals surface area (Å²) in [5, 5.41) is 3.54. The number of nitrogens with two attached hydrogens (primary N) is 1. The van der Waals surface area contributed by atoms with Crippen LogP contribution in [0, 0.1) is 0 Å². The summed E-state index contributed by atoms with van der Waals surface area (Å²) in [5.74, 6) is 1.69. The summed E-state index contributed by atoms with van der Waals surface area (Å²) in [7, 11) is 0. The fourth-order valence-corrected chi connectivity index (χ4v) is 5.60. The van der Waals surface area contributed by atoms with Gasteiger partial charge in [-0.05, 0) is 60.2 Å². The summed E-state index contributed by atoms with van der Waals surface area (Å²) in [6.07, 6.45) is 5.64. The summed E-state index contributed by atoms with van der Waals surface area (Å²) >= 11 is 0. The molecule has 1 saturated carbocycles. The first-order chi connectivity index (χ1) is 17.6. The van der Waals surface area contributed by atoms with Gasteiger partial charge < -0.3 is 11.1 Å². The second-order valence-corrected chi connectivity index (χ2v) is 10.1. The van der Waals surface area contributed by atoms with E-state index in [1.54, 1.807) is 0 Å². The van der Waals surface area contributed by atoms with Crippen LogP contribution < -0.4 is 11.1 Å². The molecule has 3 heterocycles. The van der Waals surface area contributed by atoms with Gasteiger partial charge in [-0.3, -0.25) is 4.57 Å². The summed E-state index contributed by atoms with van der Waals surface area (Å²) in [6.45, 7) is 2.37. The van der Waals surface area contributed by atoms with Crippen molar-refractivity contribution in [3.05, 3.63) is 96.7 Å². The van der Waals surface area contributed by atoms with Gasteiger partial charge >= 0.3 is 0 Å². The minimum absolute atomic E-state index is 0.295. The first-order valence-corrected chi connectivity index (χ1v) is 12.5. The number of anilines is 3. The third-order valence-corrected chi connectivity index (χ3v) is 7.80. The molecule has 7 rings (SSSR count). The quantitative estimate of drug-likeness (QED) is 0.266. The van der Waals surface area contributed by atoms with Gasteiger partial charge in [-0.25, -0.2) is 9.97 Å². The largest absolute Gasteiger partial charge is 0.399 e. The number of benzene rings is 3. The number of rotatable bonds is 3. The maximum atomic E-state index is 6.22. The van der Waals surface area contributed by atoms with Crippen LogP contribution in [0.1, 0.15) is 31.7 Å². The van der Waals surface area contributed by atoms with Gasteiger partial charge in [0.25, 0.3) is 0 Å². The van der Waals surface area contributed by atoms with Crippen LogP contribution in [0.3, 0.4) is 0 Å². The molecule has 1 aliphatic heterocycles. The van der Waals surface area contributed by atoms with E-state index in [1.165, 1.54) is 24.8 Å². The smallest absolute Gasteiger partial charge is 0.154 e. The van der Waals surface area contributed by atoms with E-state index < -0.39 is 0 Å². The minimum Gasteiger partial charge on any atom is -0.399 e. The third-order valence-electron chi connectivity index (χ3n) is 7.80. The molecular weight excluding hydrogens is 442 g/mol. The number of fused-ring (bicyclic) bond motifs is 5. The molecule has 0 atom stereocenters. The summed E-state index contributed by atoms with van der Waals surface area (Å²) in [6, 6.07) is 29.4. The van der Waals surface area contributed by atoms with Gasteiger partial charge in [-0.1, -0.05) is 61.9 Å². The summed E-state index contributed by atoms with van der Waals surface area (Å²) in [4.78, 5) is 9.97. The zero-order valence-corrected chi connectivity index (χ0v) is 20.2. The van der Waals surface area contributed by atoms with Gasteiger partial charge in [0.1, 0.15) is 5.82 Å². The molecule has 176 valence electrons. The molecule has 0 radical (unpaired) electrons. The van der Waals surface area contributed by atoms with Crippen molar-refractivity contribution in [1.82, 2.24) is 14.5 Å². The van der Waals surface area contributed by atoms with Crippen LogP contribution in [0.4, 0.5) is 17.2 Å². The average molecular weight is 470 g/mol. The van der Waals surface area contributed by atoms with Crippen LogP contribution in [0.15, 0.2) is 91.1 Å². The number of nitrogen functional groups attached to an aromatic ring is 1. The topological polar surface area (TPSA) is 68.8 Å². The van der Waals surface area contributed by atoms with Gasteiger partial charge in [0, 0.05) is 28.6 Å². The molecule has 0 saturated heterocycles. The maximum absolute atomic E-state index is 6.22. The number of aromatic nitrogens is 3. The molecule has 0 unspecified atom stereocenters. The fraction of sp³-hybridized carbons (Fsp3) is 0.161. The molecule has 5 aromatic rings. The Hall–Kier alpha value is -4.38. The lowest BCUT2D eigenvalue weighted by molar-refractivity contribution is 0.272. The molecule has 2 aliphatic rings. The van der Waals surface area contributed by atoms with E-state index >= 15 is 0 Å². The Labute approximate surface area is 210 Å². The van der Waals surface area contributed by atoms with Crippen molar-refractivity contribution in [2.45, 2.75) is 31.6 Å². The van der Waals surface area contributed by atoms with E-state index in [0.29, 0.717) is 5.41 Å². The zero-order valence-electron chi connectivity index (χ0n) is 20.2. The Balaban J connectivity index is 1.54. The van der Waals surface area contributed by atoms with Crippen molar-refractivity contribution in [3.8, 4) is 39.6 Å². The Bertz CT molecular complexity index is 1610. The number of pyridine rings is 1. The number of imidazole rings is 1. The Morgan fingerprint density at radius 1 is 0.889 bits per heavy atom. The standard InChI is InChI=1S/C31H27N5/c1-31(16-6-17-31)22-14-12-20(13-15-22)28-27(21-7-4-8-23(32)19-21)35-30-24-9-2-3-10-25(24)34-29-26(36(28)30)11-5-18-33-29/h2-5,7-15,18-19H,6,16-17,32H2,1H3,(H,33,34). The fourth-order valence-electron chi connectivity index (χ4n) is 5.60. The minimum atomic E-state index is 0.295. The number of para-hydroxylation sites is 1. The second kappa shape index (κ2) is 7.82. The lowest BCUT2D eigenvalue weighted by Crippen LogP contribution is -2.30. The highest BCUT2D eigenvalue weighted by Gasteiger charge is 2.34. The van der Waals surface area contributed by atoms with Crippen LogP contribution in [-0.4, -0.2) is 14.5 Å².